The van der Waals surface area contributed by atoms with E-state index in [1.54, 1.807) is 25.6 Å². The molecule has 0 radical (unpaired) electrons. The molecule has 1 unspecified atom stereocenters. The van der Waals surface area contributed by atoms with Crippen LogP contribution in [0.1, 0.15) is 0 Å². The number of aromatic nitrogens is 3. The first-order valence-electron chi connectivity index (χ1n) is 10.0. The molecule has 0 aliphatic carbocycles. The zero-order valence-electron chi connectivity index (χ0n) is 18.0. The van der Waals surface area contributed by atoms with Crippen LogP contribution in [0.5, 0.6) is 0 Å². The molecule has 0 aliphatic rings. The van der Waals surface area contributed by atoms with Crippen LogP contribution in [0, 0.1) is 5.82 Å². The van der Waals surface area contributed by atoms with Gasteiger partial charge in [-0.2, -0.15) is 0 Å². The quantitative estimate of drug-likeness (QED) is 0.364. The van der Waals surface area contributed by atoms with Crippen molar-refractivity contribution in [3.8, 4) is 11.1 Å². The van der Waals surface area contributed by atoms with Crippen LogP contribution in [0.3, 0.4) is 0 Å². The van der Waals surface area contributed by atoms with Gasteiger partial charge in [0.25, 0.3) is 0 Å². The number of benzene rings is 2. The van der Waals surface area contributed by atoms with Crippen LogP contribution in [0.15, 0.2) is 65.8 Å². The average Bonchev–Trinajstić information content (AvgIpc) is 2.83. The maximum absolute atomic E-state index is 13.1. The van der Waals surface area contributed by atoms with Gasteiger partial charge in [-0.25, -0.2) is 18.6 Å². The minimum atomic E-state index is -1.63. The summed E-state index contributed by atoms with van der Waals surface area (Å²) >= 11 is 6.23. The van der Waals surface area contributed by atoms with Gasteiger partial charge in [-0.3, -0.25) is 9.71 Å². The molecule has 0 aliphatic heterocycles. The van der Waals surface area contributed by atoms with Gasteiger partial charge in [-0.05, 0) is 48.0 Å². The van der Waals surface area contributed by atoms with Crippen molar-refractivity contribution in [1.29, 1.82) is 0 Å². The van der Waals surface area contributed by atoms with Gasteiger partial charge in [0.05, 0.1) is 34.4 Å². The fraction of sp³-hybridized carbons (Fsp3) is 0.174. The third-order valence-electron chi connectivity index (χ3n) is 4.95. The van der Waals surface area contributed by atoms with Crippen molar-refractivity contribution in [3.05, 3.63) is 71.9 Å². The highest BCUT2D eigenvalue weighted by molar-refractivity contribution is 7.86. The molecule has 4 rings (SSSR count). The summed E-state index contributed by atoms with van der Waals surface area (Å²) in [4.78, 5) is 15.8. The number of hydrogen-bond acceptors (Lipinski definition) is 6. The molecule has 0 spiro atoms. The number of nitrogens with zero attached hydrogens (tertiary/aromatic N) is 4. The lowest BCUT2D eigenvalue weighted by atomic mass is 10.1. The highest BCUT2D eigenvalue weighted by atomic mass is 35.5. The Kier molecular flexibility index (Phi) is 7.12. The first-order valence-corrected chi connectivity index (χ1v) is 11.5. The van der Waals surface area contributed by atoms with E-state index in [-0.39, 0.29) is 5.15 Å². The second kappa shape index (κ2) is 10.2. The van der Waals surface area contributed by atoms with Crippen LogP contribution in [-0.4, -0.2) is 46.5 Å². The highest BCUT2D eigenvalue weighted by Crippen LogP contribution is 2.29. The average molecular weight is 486 g/mol. The molecule has 0 saturated carbocycles. The van der Waals surface area contributed by atoms with Gasteiger partial charge in [0.2, 0.25) is 0 Å². The molecule has 33 heavy (non-hydrogen) atoms. The maximum Gasteiger partial charge on any atom is 0.153 e. The highest BCUT2D eigenvalue weighted by Gasteiger charge is 2.12. The smallest absolute Gasteiger partial charge is 0.153 e. The molecule has 0 saturated heterocycles. The zero-order chi connectivity index (χ0) is 23.4. The molecule has 170 valence electrons. The summed E-state index contributed by atoms with van der Waals surface area (Å²) in [6, 6.07) is 12.9. The number of nitrogens with one attached hydrogen (secondary N) is 1. The zero-order valence-corrected chi connectivity index (χ0v) is 19.5. The number of rotatable bonds is 8. The first kappa shape index (κ1) is 23.0. The molecule has 0 amide bonds. The summed E-state index contributed by atoms with van der Waals surface area (Å²) in [6.45, 7) is 1.28. The summed E-state index contributed by atoms with van der Waals surface area (Å²) in [6.07, 6.45) is 3.37. The van der Waals surface area contributed by atoms with E-state index in [1.165, 1.54) is 24.3 Å². The van der Waals surface area contributed by atoms with Gasteiger partial charge >= 0.3 is 0 Å². The predicted octanol–water partition coefficient (Wildman–Crippen LogP) is 4.70. The summed E-state index contributed by atoms with van der Waals surface area (Å²) in [5, 5.41) is 0.178. The Labute approximate surface area is 198 Å². The first-order chi connectivity index (χ1) is 15.9. The molecular weight excluding hydrogens is 465 g/mol. The van der Waals surface area contributed by atoms with Crippen molar-refractivity contribution in [2.75, 3.05) is 36.9 Å². The van der Waals surface area contributed by atoms with Gasteiger partial charge in [-0.15, -0.1) is 0 Å². The van der Waals surface area contributed by atoms with Crippen molar-refractivity contribution >= 4 is 45.1 Å². The normalized spacial score (nSPS) is 12.0. The Balaban J connectivity index is 1.62. The minimum absolute atomic E-state index is 0.178. The van der Waals surface area contributed by atoms with Gasteiger partial charge in [0.1, 0.15) is 22.6 Å². The lowest BCUT2D eigenvalue weighted by molar-refractivity contribution is 0.206. The number of fused-ring (bicyclic) bond motifs is 1. The van der Waals surface area contributed by atoms with Gasteiger partial charge in [0.15, 0.2) is 5.15 Å². The molecule has 7 nitrogen and oxygen atoms in total. The van der Waals surface area contributed by atoms with E-state index in [9.17, 15) is 8.60 Å². The summed E-state index contributed by atoms with van der Waals surface area (Å²) in [7, 11) is 1.96. The predicted molar refractivity (Wildman–Crippen MR) is 129 cm³/mol. The van der Waals surface area contributed by atoms with Crippen molar-refractivity contribution < 1.29 is 13.3 Å². The van der Waals surface area contributed by atoms with Crippen LogP contribution >= 0.6 is 11.6 Å². The van der Waals surface area contributed by atoms with E-state index in [0.717, 1.165) is 28.0 Å². The number of likely N-dealkylation sites (N-methyl/N-ethyl adjacent to an activating group) is 1. The molecule has 2 aromatic heterocycles. The lowest BCUT2D eigenvalue weighted by Crippen LogP contribution is -2.23. The number of halogens is 2. The van der Waals surface area contributed by atoms with E-state index in [4.69, 9.17) is 21.3 Å². The molecule has 1 atom stereocenters. The molecule has 10 heteroatoms. The van der Waals surface area contributed by atoms with Crippen molar-refractivity contribution in [1.82, 2.24) is 15.0 Å². The summed E-state index contributed by atoms with van der Waals surface area (Å²) in [5.74, 6) is 0.341. The fourth-order valence-electron chi connectivity index (χ4n) is 3.10. The molecule has 0 bridgehead atoms. The van der Waals surface area contributed by atoms with Gasteiger partial charge in [0, 0.05) is 32.5 Å². The Morgan fingerprint density at radius 3 is 2.61 bits per heavy atom. The van der Waals surface area contributed by atoms with Crippen molar-refractivity contribution in [2.24, 2.45) is 0 Å². The number of methoxy groups -OCH3 is 1. The molecule has 0 fully saturated rings. The molecule has 4 aromatic rings. The van der Waals surface area contributed by atoms with Crippen LogP contribution < -0.4 is 9.62 Å². The largest absolute Gasteiger partial charge is 0.383 e. The number of hydrogen-bond donors (Lipinski definition) is 1. The van der Waals surface area contributed by atoms with E-state index in [2.05, 4.69) is 14.7 Å². The van der Waals surface area contributed by atoms with Crippen LogP contribution in [0.25, 0.3) is 22.2 Å². The maximum atomic E-state index is 13.1. The second-order valence-electron chi connectivity index (χ2n) is 7.23. The molecular formula is C23H21ClFN5O2S. The standard InChI is InChI=1S/C23H21ClFN5O2S/c1-30(9-10-32-2)22-14-26-19-8-3-15(11-20(19)28-22)16-12-21(23(24)27-13-16)29-33(31)18-6-4-17(25)5-7-18/h3-8,11-14,29H,9-10H2,1-2H3. The van der Waals surface area contributed by atoms with Crippen molar-refractivity contribution in [2.45, 2.75) is 4.90 Å². The monoisotopic (exact) mass is 485 g/mol. The minimum Gasteiger partial charge on any atom is -0.383 e. The number of pyridine rings is 1. The molecule has 2 aromatic carbocycles. The van der Waals surface area contributed by atoms with Crippen LogP contribution in [-0.2, 0) is 15.7 Å². The van der Waals surface area contributed by atoms with E-state index in [1.807, 2.05) is 30.1 Å². The number of ether oxygens (including phenoxy) is 1. The van der Waals surface area contributed by atoms with Gasteiger partial charge in [-0.1, -0.05) is 17.7 Å². The van der Waals surface area contributed by atoms with E-state index in [0.29, 0.717) is 23.7 Å². The Bertz CT molecular complexity index is 1310. The Morgan fingerprint density at radius 2 is 1.85 bits per heavy atom. The van der Waals surface area contributed by atoms with E-state index >= 15 is 0 Å². The molecule has 1 N–H and O–H groups in total. The SMILES string of the molecule is COCCN(C)c1cnc2ccc(-c3cnc(Cl)c(NS(=O)c4ccc(F)cc4)c3)cc2n1. The van der Waals surface area contributed by atoms with Crippen LogP contribution in [0.2, 0.25) is 5.15 Å². The van der Waals surface area contributed by atoms with Crippen molar-refractivity contribution in [3.63, 3.8) is 0 Å². The number of anilines is 2. The third kappa shape index (κ3) is 5.44. The second-order valence-corrected chi connectivity index (χ2v) is 8.80. The Morgan fingerprint density at radius 1 is 1.06 bits per heavy atom. The Hall–Kier alpha value is -3.14. The molecule has 2 heterocycles. The van der Waals surface area contributed by atoms with Crippen LogP contribution in [0.4, 0.5) is 15.9 Å². The summed E-state index contributed by atoms with van der Waals surface area (Å²) in [5.41, 5.74) is 3.51. The fourth-order valence-corrected chi connectivity index (χ4v) is 4.17. The lowest BCUT2D eigenvalue weighted by Gasteiger charge is -2.17. The third-order valence-corrected chi connectivity index (χ3v) is 6.36. The summed E-state index contributed by atoms with van der Waals surface area (Å²) < 4.78 is 33.8. The van der Waals surface area contributed by atoms with Gasteiger partial charge < -0.3 is 9.64 Å². The topological polar surface area (TPSA) is 80.2 Å². The van der Waals surface area contributed by atoms with E-state index < -0.39 is 16.8 Å².